The molecule has 0 aliphatic carbocycles. The number of nitrogens with zero attached hydrogens (tertiary/aromatic N) is 1. The molecule has 1 atom stereocenters. The van der Waals surface area contributed by atoms with Gasteiger partial charge in [0, 0.05) is 32.2 Å². The van der Waals surface area contributed by atoms with E-state index in [9.17, 15) is 9.59 Å². The number of hydrogen-bond acceptors (Lipinski definition) is 3. The standard InChI is InChI=1S/C12H19NO4/c1-12(11(15)16)4-5-13(8-12)10(14)9-2-6-17-7-3-9/h9H,2-8H2,1H3,(H,15,16). The van der Waals surface area contributed by atoms with Gasteiger partial charge in [-0.3, -0.25) is 9.59 Å². The third kappa shape index (κ3) is 2.44. The van der Waals surface area contributed by atoms with Gasteiger partial charge in [-0.1, -0.05) is 0 Å². The number of hydrogen-bond donors (Lipinski definition) is 1. The minimum absolute atomic E-state index is 0.0277. The summed E-state index contributed by atoms with van der Waals surface area (Å²) in [4.78, 5) is 25.0. The van der Waals surface area contributed by atoms with E-state index >= 15 is 0 Å². The molecule has 0 radical (unpaired) electrons. The van der Waals surface area contributed by atoms with Crippen LogP contribution in [0.4, 0.5) is 0 Å². The van der Waals surface area contributed by atoms with Gasteiger partial charge in [0.2, 0.25) is 5.91 Å². The lowest BCUT2D eigenvalue weighted by Gasteiger charge is -2.27. The van der Waals surface area contributed by atoms with E-state index in [4.69, 9.17) is 9.84 Å². The number of carbonyl (C=O) groups excluding carboxylic acids is 1. The predicted molar refractivity (Wildman–Crippen MR) is 60.5 cm³/mol. The van der Waals surface area contributed by atoms with Crippen LogP contribution in [0.25, 0.3) is 0 Å². The van der Waals surface area contributed by atoms with Gasteiger partial charge in [0.1, 0.15) is 0 Å². The molecule has 0 aromatic carbocycles. The summed E-state index contributed by atoms with van der Waals surface area (Å²) in [5, 5.41) is 9.12. The molecule has 0 spiro atoms. The van der Waals surface area contributed by atoms with Crippen molar-refractivity contribution in [2.45, 2.75) is 26.2 Å². The molecule has 2 saturated heterocycles. The van der Waals surface area contributed by atoms with Crippen molar-refractivity contribution in [3.63, 3.8) is 0 Å². The summed E-state index contributed by atoms with van der Waals surface area (Å²) < 4.78 is 5.23. The normalized spacial score (nSPS) is 30.5. The third-order valence-corrected chi connectivity index (χ3v) is 3.87. The maximum atomic E-state index is 12.2. The van der Waals surface area contributed by atoms with Crippen molar-refractivity contribution in [1.82, 2.24) is 4.90 Å². The Morgan fingerprint density at radius 1 is 1.35 bits per heavy atom. The van der Waals surface area contributed by atoms with Gasteiger partial charge in [-0.15, -0.1) is 0 Å². The monoisotopic (exact) mass is 241 g/mol. The number of carboxylic acids is 1. The highest BCUT2D eigenvalue weighted by molar-refractivity contribution is 5.82. The lowest BCUT2D eigenvalue weighted by Crippen LogP contribution is -2.39. The first-order valence-corrected chi connectivity index (χ1v) is 6.13. The summed E-state index contributed by atoms with van der Waals surface area (Å²) in [6.45, 7) is 3.91. The number of carboxylic acid groups (broad SMARTS) is 1. The fourth-order valence-electron chi connectivity index (χ4n) is 2.53. The van der Waals surface area contributed by atoms with E-state index in [-0.39, 0.29) is 11.8 Å². The molecule has 2 fully saturated rings. The quantitative estimate of drug-likeness (QED) is 0.774. The number of aliphatic carboxylic acids is 1. The number of likely N-dealkylation sites (tertiary alicyclic amines) is 1. The predicted octanol–water partition coefficient (Wildman–Crippen LogP) is 0.736. The molecule has 0 saturated carbocycles. The van der Waals surface area contributed by atoms with Crippen LogP contribution in [-0.2, 0) is 14.3 Å². The van der Waals surface area contributed by atoms with E-state index in [1.165, 1.54) is 0 Å². The van der Waals surface area contributed by atoms with Crippen molar-refractivity contribution in [2.24, 2.45) is 11.3 Å². The average Bonchev–Trinajstić information content (AvgIpc) is 2.74. The Morgan fingerprint density at radius 3 is 2.53 bits per heavy atom. The van der Waals surface area contributed by atoms with E-state index < -0.39 is 11.4 Å². The van der Waals surface area contributed by atoms with Crippen molar-refractivity contribution in [1.29, 1.82) is 0 Å². The Morgan fingerprint density at radius 2 is 2.00 bits per heavy atom. The van der Waals surface area contributed by atoms with Crippen LogP contribution >= 0.6 is 0 Å². The molecule has 2 heterocycles. The van der Waals surface area contributed by atoms with Crippen molar-refractivity contribution >= 4 is 11.9 Å². The largest absolute Gasteiger partial charge is 0.481 e. The summed E-state index contributed by atoms with van der Waals surface area (Å²) in [5.74, 6) is -0.669. The van der Waals surface area contributed by atoms with Crippen LogP contribution < -0.4 is 0 Å². The summed E-state index contributed by atoms with van der Waals surface area (Å²) in [7, 11) is 0. The Balaban J connectivity index is 1.95. The third-order valence-electron chi connectivity index (χ3n) is 3.87. The highest BCUT2D eigenvalue weighted by Crippen LogP contribution is 2.32. The smallest absolute Gasteiger partial charge is 0.311 e. The van der Waals surface area contributed by atoms with Gasteiger partial charge in [0.25, 0.3) is 0 Å². The van der Waals surface area contributed by atoms with Crippen molar-refractivity contribution in [3.05, 3.63) is 0 Å². The van der Waals surface area contributed by atoms with Crippen LogP contribution in [0.2, 0.25) is 0 Å². The second-order valence-electron chi connectivity index (χ2n) is 5.26. The van der Waals surface area contributed by atoms with Crippen LogP contribution in [0.5, 0.6) is 0 Å². The summed E-state index contributed by atoms with van der Waals surface area (Å²) in [6.07, 6.45) is 2.08. The Labute approximate surface area is 101 Å². The zero-order valence-electron chi connectivity index (χ0n) is 10.1. The van der Waals surface area contributed by atoms with E-state index in [0.717, 1.165) is 12.8 Å². The van der Waals surface area contributed by atoms with E-state index in [1.807, 2.05) is 0 Å². The van der Waals surface area contributed by atoms with Crippen molar-refractivity contribution < 1.29 is 19.4 Å². The molecular weight excluding hydrogens is 222 g/mol. The molecule has 17 heavy (non-hydrogen) atoms. The molecule has 0 bridgehead atoms. The molecule has 1 N–H and O–H groups in total. The van der Waals surface area contributed by atoms with Crippen LogP contribution in [0, 0.1) is 11.3 Å². The molecular formula is C12H19NO4. The summed E-state index contributed by atoms with van der Waals surface area (Å²) >= 11 is 0. The molecule has 5 heteroatoms. The molecule has 5 nitrogen and oxygen atoms in total. The summed E-state index contributed by atoms with van der Waals surface area (Å²) in [5.41, 5.74) is -0.763. The summed E-state index contributed by atoms with van der Waals surface area (Å²) in [6, 6.07) is 0. The van der Waals surface area contributed by atoms with Gasteiger partial charge in [-0.2, -0.15) is 0 Å². The van der Waals surface area contributed by atoms with Crippen LogP contribution in [-0.4, -0.2) is 48.2 Å². The Kier molecular flexibility index (Phi) is 3.38. The van der Waals surface area contributed by atoms with Gasteiger partial charge in [0.05, 0.1) is 5.41 Å². The molecule has 1 unspecified atom stereocenters. The second kappa shape index (κ2) is 4.64. The zero-order valence-corrected chi connectivity index (χ0v) is 10.1. The Hall–Kier alpha value is -1.10. The van der Waals surface area contributed by atoms with E-state index in [0.29, 0.717) is 32.7 Å². The average molecular weight is 241 g/mol. The van der Waals surface area contributed by atoms with Crippen molar-refractivity contribution in [3.8, 4) is 0 Å². The second-order valence-corrected chi connectivity index (χ2v) is 5.26. The van der Waals surface area contributed by atoms with E-state index in [2.05, 4.69) is 0 Å². The molecule has 96 valence electrons. The minimum Gasteiger partial charge on any atom is -0.481 e. The molecule has 1 amide bonds. The highest BCUT2D eigenvalue weighted by atomic mass is 16.5. The van der Waals surface area contributed by atoms with Crippen molar-refractivity contribution in [2.75, 3.05) is 26.3 Å². The first-order valence-electron chi connectivity index (χ1n) is 6.13. The topological polar surface area (TPSA) is 66.8 Å². The maximum Gasteiger partial charge on any atom is 0.311 e. The van der Waals surface area contributed by atoms with Gasteiger partial charge >= 0.3 is 5.97 Å². The SMILES string of the molecule is CC1(C(=O)O)CCN(C(=O)C2CCOCC2)C1. The number of amides is 1. The van der Waals surface area contributed by atoms with Gasteiger partial charge in [-0.05, 0) is 26.2 Å². The molecule has 2 aliphatic heterocycles. The van der Waals surface area contributed by atoms with Gasteiger partial charge < -0.3 is 14.7 Å². The van der Waals surface area contributed by atoms with E-state index in [1.54, 1.807) is 11.8 Å². The lowest BCUT2D eigenvalue weighted by atomic mass is 9.90. The lowest BCUT2D eigenvalue weighted by molar-refractivity contribution is -0.147. The van der Waals surface area contributed by atoms with Gasteiger partial charge in [-0.25, -0.2) is 0 Å². The number of rotatable bonds is 2. The fraction of sp³-hybridized carbons (Fsp3) is 0.833. The molecule has 0 aromatic rings. The Bertz CT molecular complexity index is 324. The molecule has 2 aliphatic rings. The highest BCUT2D eigenvalue weighted by Gasteiger charge is 2.43. The first kappa shape index (κ1) is 12.4. The number of ether oxygens (including phenoxy) is 1. The maximum absolute atomic E-state index is 12.2. The fourth-order valence-corrected chi connectivity index (χ4v) is 2.53. The molecule has 0 aromatic heterocycles. The van der Waals surface area contributed by atoms with Gasteiger partial charge in [0.15, 0.2) is 0 Å². The van der Waals surface area contributed by atoms with Crippen LogP contribution in [0.15, 0.2) is 0 Å². The minimum atomic E-state index is -0.806. The van der Waals surface area contributed by atoms with Crippen LogP contribution in [0.1, 0.15) is 26.2 Å². The van der Waals surface area contributed by atoms with Crippen LogP contribution in [0.3, 0.4) is 0 Å². The number of carbonyl (C=O) groups is 2. The first-order chi connectivity index (χ1) is 8.03. The zero-order chi connectivity index (χ0) is 12.5. The molecule has 2 rings (SSSR count).